The van der Waals surface area contributed by atoms with Gasteiger partial charge < -0.3 is 44.1 Å². The monoisotopic (exact) mass is 644 g/mol. The van der Waals surface area contributed by atoms with Crippen LogP contribution >= 0.6 is 19.4 Å². The molecule has 0 bridgehead atoms. The number of anilines is 2. The summed E-state index contributed by atoms with van der Waals surface area (Å²) in [7, 11) is -4.20. The van der Waals surface area contributed by atoms with E-state index in [1.165, 1.54) is 29.0 Å². The molecule has 0 aliphatic carbocycles. The van der Waals surface area contributed by atoms with E-state index in [0.29, 0.717) is 28.6 Å². The minimum absolute atomic E-state index is 0.130. The van der Waals surface area contributed by atoms with Crippen molar-refractivity contribution in [3.63, 3.8) is 0 Å². The van der Waals surface area contributed by atoms with Crippen LogP contribution in [0, 0.1) is 0 Å². The second-order valence-electron chi connectivity index (χ2n) is 9.41. The smallest absolute Gasteiger partial charge is 0.432 e. The van der Waals surface area contributed by atoms with E-state index < -0.39 is 51.0 Å². The van der Waals surface area contributed by atoms with Crippen LogP contribution in [0.5, 0.6) is 0 Å². The number of ether oxygens (including phenoxy) is 4. The molecule has 1 aliphatic heterocycles. The van der Waals surface area contributed by atoms with Crippen LogP contribution in [0.25, 0.3) is 11.2 Å². The van der Waals surface area contributed by atoms with Crippen molar-refractivity contribution >= 4 is 48.3 Å². The quantitative estimate of drug-likeness (QED) is 0.105. The number of aliphatic hydroxyl groups excluding tert-OH is 1. The maximum Gasteiger partial charge on any atom is 0.510 e. The molecule has 3 aromatic rings. The first kappa shape index (κ1) is 32.6. The molecule has 0 spiro atoms. The van der Waals surface area contributed by atoms with Gasteiger partial charge in [0.05, 0.1) is 38.4 Å². The molecule has 1 unspecified atom stereocenters. The van der Waals surface area contributed by atoms with Crippen molar-refractivity contribution in [2.45, 2.75) is 51.2 Å². The number of nitrogens with one attached hydrogen (secondary N) is 2. The van der Waals surface area contributed by atoms with Crippen LogP contribution in [0.3, 0.4) is 0 Å². The Morgan fingerprint density at radius 3 is 2.81 bits per heavy atom. The average Bonchev–Trinajstić information content (AvgIpc) is 3.59. The van der Waals surface area contributed by atoms with Gasteiger partial charge in [0.15, 0.2) is 11.5 Å². The SMILES string of the molecule is CC(C)OC(=O)OCOP(=O)(O)CO[C@H](C)Cn1cnc2c(NCNc3ccn([C@@H]4CS[C@H](CO)O4)c(=O)n3)ncnc21. The summed E-state index contributed by atoms with van der Waals surface area (Å²) in [5, 5.41) is 15.3. The molecular formula is C23H33N8O10PS. The molecule has 0 amide bonds. The van der Waals surface area contributed by atoms with Gasteiger partial charge in [-0.15, -0.1) is 11.8 Å². The number of thioether (sulfide) groups is 1. The Morgan fingerprint density at radius 1 is 1.28 bits per heavy atom. The molecule has 236 valence electrons. The fraction of sp³-hybridized carbons (Fsp3) is 0.565. The second-order valence-corrected chi connectivity index (χ2v) is 12.4. The van der Waals surface area contributed by atoms with Gasteiger partial charge in [0.2, 0.25) is 6.79 Å². The Bertz CT molecular complexity index is 1490. The Morgan fingerprint density at radius 2 is 2.09 bits per heavy atom. The van der Waals surface area contributed by atoms with E-state index in [-0.39, 0.29) is 25.3 Å². The first-order chi connectivity index (χ1) is 20.5. The van der Waals surface area contributed by atoms with E-state index in [2.05, 4.69) is 35.3 Å². The lowest BCUT2D eigenvalue weighted by molar-refractivity contribution is -0.0152. The molecule has 43 heavy (non-hydrogen) atoms. The second kappa shape index (κ2) is 14.9. The molecular weight excluding hydrogens is 611 g/mol. The molecule has 0 aromatic carbocycles. The molecule has 1 fully saturated rings. The van der Waals surface area contributed by atoms with Gasteiger partial charge in [-0.1, -0.05) is 0 Å². The maximum atomic E-state index is 12.5. The van der Waals surface area contributed by atoms with Crippen molar-refractivity contribution in [1.82, 2.24) is 29.1 Å². The van der Waals surface area contributed by atoms with E-state index in [1.54, 1.807) is 37.6 Å². The lowest BCUT2D eigenvalue weighted by Gasteiger charge is -2.17. The Labute approximate surface area is 249 Å². The van der Waals surface area contributed by atoms with E-state index in [4.69, 9.17) is 18.7 Å². The summed E-state index contributed by atoms with van der Waals surface area (Å²) in [6, 6.07) is 1.64. The van der Waals surface area contributed by atoms with Crippen LogP contribution in [-0.4, -0.2) is 95.0 Å². The number of nitrogens with zero attached hydrogens (tertiary/aromatic N) is 6. The largest absolute Gasteiger partial charge is 0.510 e. The molecule has 0 radical (unpaired) electrons. The highest BCUT2D eigenvalue weighted by atomic mass is 32.2. The highest BCUT2D eigenvalue weighted by molar-refractivity contribution is 8.00. The minimum Gasteiger partial charge on any atom is -0.432 e. The average molecular weight is 645 g/mol. The Kier molecular flexibility index (Phi) is 11.3. The first-order valence-corrected chi connectivity index (χ1v) is 15.9. The third-order valence-electron chi connectivity index (χ3n) is 5.69. The molecule has 0 saturated carbocycles. The number of imidazole rings is 1. The van der Waals surface area contributed by atoms with Gasteiger partial charge in [-0.05, 0) is 26.8 Å². The number of fused-ring (bicyclic) bond motifs is 1. The summed E-state index contributed by atoms with van der Waals surface area (Å²) in [5.74, 6) is 1.30. The van der Waals surface area contributed by atoms with Crippen LogP contribution in [-0.2, 0) is 34.6 Å². The van der Waals surface area contributed by atoms with Crippen LogP contribution < -0.4 is 16.3 Å². The number of rotatable bonds is 15. The van der Waals surface area contributed by atoms with Gasteiger partial charge in [-0.2, -0.15) is 4.98 Å². The van der Waals surface area contributed by atoms with E-state index >= 15 is 0 Å². The fourth-order valence-corrected chi connectivity index (χ4v) is 5.41. The van der Waals surface area contributed by atoms with Crippen molar-refractivity contribution in [2.75, 3.05) is 42.8 Å². The molecule has 4 atom stereocenters. The standard InChI is InChI=1S/C23H33N8O10PS/c1-14(2)40-23(34)37-12-39-42(35,36)13-38-15(3)6-30-11-28-19-20(26-10-27-21(19)30)25-9-24-16-4-5-31(22(33)29-16)17-8-43-18(7-32)41-17/h4-5,10-11,14-15,17-18,32H,6-9,12-13H2,1-3H3,(H,35,36)(H,24,29,33)(H,25,26,27)/t15-,17+,18-/m1/s1. The molecule has 18 nitrogen and oxygen atoms in total. The van der Waals surface area contributed by atoms with Crippen LogP contribution in [0.1, 0.15) is 27.0 Å². The molecule has 4 rings (SSSR count). The Balaban J connectivity index is 1.26. The summed E-state index contributed by atoms with van der Waals surface area (Å²) in [6.45, 7) is 4.47. The predicted octanol–water partition coefficient (Wildman–Crippen LogP) is 1.53. The minimum atomic E-state index is -4.20. The van der Waals surface area contributed by atoms with E-state index in [9.17, 15) is 24.2 Å². The molecule has 20 heteroatoms. The van der Waals surface area contributed by atoms with Gasteiger partial charge in [0.25, 0.3) is 0 Å². The molecule has 1 aliphatic rings. The van der Waals surface area contributed by atoms with Gasteiger partial charge in [-0.3, -0.25) is 13.7 Å². The highest BCUT2D eigenvalue weighted by Crippen LogP contribution is 2.42. The number of hydrogen-bond acceptors (Lipinski definition) is 16. The first-order valence-electron chi connectivity index (χ1n) is 13.1. The van der Waals surface area contributed by atoms with Crippen molar-refractivity contribution < 1.29 is 42.8 Å². The summed E-state index contributed by atoms with van der Waals surface area (Å²) in [5.41, 5.74) is 0.106. The topological polar surface area (TPSA) is 223 Å². The summed E-state index contributed by atoms with van der Waals surface area (Å²) in [4.78, 5) is 50.6. The van der Waals surface area contributed by atoms with E-state index in [0.717, 1.165) is 0 Å². The third-order valence-corrected chi connectivity index (χ3v) is 7.78. The van der Waals surface area contributed by atoms with Crippen LogP contribution in [0.15, 0.2) is 29.7 Å². The predicted molar refractivity (Wildman–Crippen MR) is 153 cm³/mol. The zero-order valence-corrected chi connectivity index (χ0v) is 25.3. The number of carbonyl (C=O) groups is 1. The fourth-order valence-electron chi connectivity index (χ4n) is 3.75. The lowest BCUT2D eigenvalue weighted by Crippen LogP contribution is -2.29. The van der Waals surface area contributed by atoms with Gasteiger partial charge in [0, 0.05) is 11.9 Å². The van der Waals surface area contributed by atoms with Crippen molar-refractivity contribution in [1.29, 1.82) is 0 Å². The summed E-state index contributed by atoms with van der Waals surface area (Å²) in [6.07, 6.45) is 1.38. The molecule has 1 saturated heterocycles. The van der Waals surface area contributed by atoms with Crippen molar-refractivity contribution in [3.05, 3.63) is 35.4 Å². The maximum absolute atomic E-state index is 12.5. The summed E-state index contributed by atoms with van der Waals surface area (Å²) < 4.78 is 40.4. The molecule has 3 aromatic heterocycles. The number of carbonyl (C=O) groups excluding carboxylic acids is 1. The zero-order valence-electron chi connectivity index (χ0n) is 23.6. The van der Waals surface area contributed by atoms with Crippen molar-refractivity contribution in [2.24, 2.45) is 0 Å². The van der Waals surface area contributed by atoms with E-state index in [1.807, 2.05) is 0 Å². The van der Waals surface area contributed by atoms with Crippen molar-refractivity contribution in [3.8, 4) is 0 Å². The van der Waals surface area contributed by atoms with Gasteiger partial charge >= 0.3 is 19.4 Å². The third kappa shape index (κ3) is 9.33. The van der Waals surface area contributed by atoms with Crippen LogP contribution in [0.4, 0.5) is 16.4 Å². The normalized spacial score (nSPS) is 18.8. The van der Waals surface area contributed by atoms with Crippen LogP contribution in [0.2, 0.25) is 0 Å². The number of hydrogen-bond donors (Lipinski definition) is 4. The highest BCUT2D eigenvalue weighted by Gasteiger charge is 2.27. The number of aliphatic hydroxyl groups is 1. The molecule has 4 N–H and O–H groups in total. The van der Waals surface area contributed by atoms with Gasteiger partial charge in [-0.25, -0.2) is 24.5 Å². The molecule has 4 heterocycles. The van der Waals surface area contributed by atoms with Gasteiger partial charge in [0.1, 0.15) is 35.7 Å². The lowest BCUT2D eigenvalue weighted by atomic mass is 10.4. The number of aromatic nitrogens is 6. The summed E-state index contributed by atoms with van der Waals surface area (Å²) >= 11 is 1.43. The zero-order chi connectivity index (χ0) is 31.0. The Hall–Kier alpha value is -3.32.